The lowest BCUT2D eigenvalue weighted by atomic mass is 9.80. The number of nitrogens with zero attached hydrogens (tertiary/aromatic N) is 1. The molecule has 0 spiro atoms. The number of hydrogen-bond acceptors (Lipinski definition) is 4. The Morgan fingerprint density at radius 3 is 2.90 bits per heavy atom. The number of carbonyl (C=O) groups excluding carboxylic acids is 1. The number of aromatic nitrogens is 1. The van der Waals surface area contributed by atoms with Crippen LogP contribution in [0.15, 0.2) is 27.4 Å². The van der Waals surface area contributed by atoms with E-state index in [1.54, 1.807) is 24.3 Å². The molecule has 0 saturated heterocycles. The first-order valence-corrected chi connectivity index (χ1v) is 7.88. The maximum absolute atomic E-state index is 12.1. The highest BCUT2D eigenvalue weighted by atomic mass is 32.1. The molecule has 1 aliphatic rings. The van der Waals surface area contributed by atoms with E-state index in [2.05, 4.69) is 27.3 Å². The standard InChI is InChI=1S/C15H18N2O2S/c1-11-8-13(17-19-11)14(18)16-10-15(5-2-3-6-15)12-4-7-20-9-12/h4,7-9H,2-3,5-6,10H2,1H3,(H,16,18). The maximum atomic E-state index is 12.1. The van der Waals surface area contributed by atoms with Gasteiger partial charge in [-0.3, -0.25) is 4.79 Å². The summed E-state index contributed by atoms with van der Waals surface area (Å²) >= 11 is 1.72. The number of rotatable bonds is 4. The molecule has 106 valence electrons. The van der Waals surface area contributed by atoms with Crippen molar-refractivity contribution in [2.24, 2.45) is 0 Å². The number of hydrogen-bond donors (Lipinski definition) is 1. The van der Waals surface area contributed by atoms with Crippen LogP contribution >= 0.6 is 11.3 Å². The van der Waals surface area contributed by atoms with Gasteiger partial charge in [0.15, 0.2) is 5.69 Å². The van der Waals surface area contributed by atoms with E-state index < -0.39 is 0 Å². The molecule has 5 heteroatoms. The Hall–Kier alpha value is -1.62. The number of amides is 1. The summed E-state index contributed by atoms with van der Waals surface area (Å²) in [7, 11) is 0. The molecule has 0 unspecified atom stereocenters. The van der Waals surface area contributed by atoms with Crippen LogP contribution in [0.2, 0.25) is 0 Å². The van der Waals surface area contributed by atoms with Gasteiger partial charge in [0.2, 0.25) is 0 Å². The molecule has 1 saturated carbocycles. The van der Waals surface area contributed by atoms with E-state index in [4.69, 9.17) is 4.52 Å². The van der Waals surface area contributed by atoms with Gasteiger partial charge < -0.3 is 9.84 Å². The van der Waals surface area contributed by atoms with E-state index in [0.717, 1.165) is 12.8 Å². The molecular formula is C15H18N2O2S. The Morgan fingerprint density at radius 1 is 1.50 bits per heavy atom. The molecule has 0 aliphatic heterocycles. The molecule has 1 N–H and O–H groups in total. The van der Waals surface area contributed by atoms with E-state index in [1.165, 1.54) is 18.4 Å². The van der Waals surface area contributed by atoms with Crippen molar-refractivity contribution >= 4 is 17.2 Å². The molecule has 4 nitrogen and oxygen atoms in total. The van der Waals surface area contributed by atoms with Gasteiger partial charge >= 0.3 is 0 Å². The third kappa shape index (κ3) is 2.50. The van der Waals surface area contributed by atoms with E-state index >= 15 is 0 Å². The Bertz CT molecular complexity index is 583. The molecule has 0 aromatic carbocycles. The SMILES string of the molecule is Cc1cc(C(=O)NCC2(c3ccsc3)CCCC2)no1. The topological polar surface area (TPSA) is 55.1 Å². The minimum Gasteiger partial charge on any atom is -0.361 e. The van der Waals surface area contributed by atoms with Crippen molar-refractivity contribution < 1.29 is 9.32 Å². The normalized spacial score (nSPS) is 17.2. The average Bonchev–Trinajstić information content (AvgIpc) is 3.17. The molecular weight excluding hydrogens is 272 g/mol. The van der Waals surface area contributed by atoms with Gasteiger partial charge in [-0.25, -0.2) is 0 Å². The Labute approximate surface area is 122 Å². The fraction of sp³-hybridized carbons (Fsp3) is 0.467. The molecule has 0 atom stereocenters. The largest absolute Gasteiger partial charge is 0.361 e. The van der Waals surface area contributed by atoms with Crippen LogP contribution < -0.4 is 5.32 Å². The van der Waals surface area contributed by atoms with Crippen LogP contribution in [0.1, 0.15) is 47.5 Å². The highest BCUT2D eigenvalue weighted by Crippen LogP contribution is 2.41. The Kier molecular flexibility index (Phi) is 3.61. The first kappa shape index (κ1) is 13.4. The second kappa shape index (κ2) is 5.40. The molecule has 3 rings (SSSR count). The van der Waals surface area contributed by atoms with Crippen molar-refractivity contribution in [3.05, 3.63) is 39.9 Å². The average molecular weight is 290 g/mol. The molecule has 0 bridgehead atoms. The first-order chi connectivity index (χ1) is 9.70. The van der Waals surface area contributed by atoms with Gasteiger partial charge in [0.25, 0.3) is 5.91 Å². The van der Waals surface area contributed by atoms with Crippen molar-refractivity contribution in [3.8, 4) is 0 Å². The van der Waals surface area contributed by atoms with Crippen molar-refractivity contribution in [3.63, 3.8) is 0 Å². The molecule has 20 heavy (non-hydrogen) atoms. The maximum Gasteiger partial charge on any atom is 0.273 e. The number of carbonyl (C=O) groups is 1. The zero-order valence-corrected chi connectivity index (χ0v) is 12.3. The lowest BCUT2D eigenvalue weighted by Gasteiger charge is -2.28. The van der Waals surface area contributed by atoms with Gasteiger partial charge in [-0.2, -0.15) is 11.3 Å². The fourth-order valence-electron chi connectivity index (χ4n) is 3.00. The van der Waals surface area contributed by atoms with Crippen LogP contribution in [0.4, 0.5) is 0 Å². The molecule has 0 radical (unpaired) electrons. The minimum atomic E-state index is -0.150. The van der Waals surface area contributed by atoms with Gasteiger partial charge in [-0.15, -0.1) is 0 Å². The minimum absolute atomic E-state index is 0.106. The van der Waals surface area contributed by atoms with Gasteiger partial charge in [-0.1, -0.05) is 18.0 Å². The monoisotopic (exact) mass is 290 g/mol. The van der Waals surface area contributed by atoms with E-state index in [0.29, 0.717) is 18.0 Å². The molecule has 2 aromatic rings. The summed E-state index contributed by atoms with van der Waals surface area (Å²) in [6, 6.07) is 3.85. The summed E-state index contributed by atoms with van der Waals surface area (Å²) < 4.78 is 4.95. The first-order valence-electron chi connectivity index (χ1n) is 6.94. The van der Waals surface area contributed by atoms with Gasteiger partial charge in [0, 0.05) is 18.0 Å². The van der Waals surface area contributed by atoms with Gasteiger partial charge in [-0.05, 0) is 42.2 Å². The fourth-order valence-corrected chi connectivity index (χ4v) is 3.78. The van der Waals surface area contributed by atoms with Crippen molar-refractivity contribution in [2.45, 2.75) is 38.0 Å². The lowest BCUT2D eigenvalue weighted by molar-refractivity contribution is 0.0934. The second-order valence-corrected chi connectivity index (χ2v) is 6.28. The third-order valence-electron chi connectivity index (χ3n) is 4.14. The number of aryl methyl sites for hydroxylation is 1. The summed E-state index contributed by atoms with van der Waals surface area (Å²) in [6.07, 6.45) is 4.74. The molecule has 2 heterocycles. The van der Waals surface area contributed by atoms with E-state index in [1.807, 2.05) is 0 Å². The van der Waals surface area contributed by atoms with Crippen LogP contribution in [-0.4, -0.2) is 17.6 Å². The summed E-state index contributed by atoms with van der Waals surface area (Å²) in [4.78, 5) is 12.1. The lowest BCUT2D eigenvalue weighted by Crippen LogP contribution is -2.38. The molecule has 1 fully saturated rings. The molecule has 1 aliphatic carbocycles. The predicted octanol–water partition coefficient (Wildman–Crippen LogP) is 3.29. The zero-order chi connectivity index (χ0) is 14.0. The highest BCUT2D eigenvalue weighted by molar-refractivity contribution is 7.08. The van der Waals surface area contributed by atoms with Gasteiger partial charge in [0.05, 0.1) is 0 Å². The van der Waals surface area contributed by atoms with Gasteiger partial charge in [0.1, 0.15) is 5.76 Å². The van der Waals surface area contributed by atoms with Crippen molar-refractivity contribution in [2.75, 3.05) is 6.54 Å². The Balaban J connectivity index is 1.71. The quantitative estimate of drug-likeness (QED) is 0.940. The molecule has 1 amide bonds. The Morgan fingerprint density at radius 2 is 2.30 bits per heavy atom. The van der Waals surface area contributed by atoms with Crippen LogP contribution in [0.5, 0.6) is 0 Å². The highest BCUT2D eigenvalue weighted by Gasteiger charge is 2.36. The predicted molar refractivity (Wildman–Crippen MR) is 78.0 cm³/mol. The van der Waals surface area contributed by atoms with E-state index in [-0.39, 0.29) is 11.3 Å². The van der Waals surface area contributed by atoms with Crippen LogP contribution in [-0.2, 0) is 5.41 Å². The summed E-state index contributed by atoms with van der Waals surface area (Å²) in [6.45, 7) is 2.46. The summed E-state index contributed by atoms with van der Waals surface area (Å²) in [5.74, 6) is 0.506. The summed E-state index contributed by atoms with van der Waals surface area (Å²) in [5, 5.41) is 11.1. The van der Waals surface area contributed by atoms with Crippen molar-refractivity contribution in [1.82, 2.24) is 10.5 Å². The third-order valence-corrected chi connectivity index (χ3v) is 4.83. The van der Waals surface area contributed by atoms with Crippen LogP contribution in [0, 0.1) is 6.92 Å². The molecule has 2 aromatic heterocycles. The van der Waals surface area contributed by atoms with Crippen LogP contribution in [0.3, 0.4) is 0 Å². The smallest absolute Gasteiger partial charge is 0.273 e. The second-order valence-electron chi connectivity index (χ2n) is 5.50. The number of thiophene rings is 1. The number of nitrogens with one attached hydrogen (secondary N) is 1. The van der Waals surface area contributed by atoms with Crippen LogP contribution in [0.25, 0.3) is 0 Å². The zero-order valence-electron chi connectivity index (χ0n) is 11.5. The van der Waals surface area contributed by atoms with Crippen molar-refractivity contribution in [1.29, 1.82) is 0 Å². The van der Waals surface area contributed by atoms with E-state index in [9.17, 15) is 4.79 Å². The summed E-state index contributed by atoms with van der Waals surface area (Å²) in [5.41, 5.74) is 1.83.